The van der Waals surface area contributed by atoms with Crippen LogP contribution in [0.1, 0.15) is 45.2 Å². The average Bonchev–Trinajstić information content (AvgIpc) is 3.24. The molecule has 0 radical (unpaired) electrons. The van der Waals surface area contributed by atoms with E-state index >= 15 is 0 Å². The van der Waals surface area contributed by atoms with Gasteiger partial charge in [0.1, 0.15) is 5.75 Å². The van der Waals surface area contributed by atoms with E-state index < -0.39 is 0 Å². The second-order valence-corrected chi connectivity index (χ2v) is 6.22. The van der Waals surface area contributed by atoms with Crippen molar-refractivity contribution in [1.29, 1.82) is 0 Å². The highest BCUT2D eigenvalue weighted by Gasteiger charge is 2.32. The Labute approximate surface area is 117 Å². The molecule has 1 aromatic rings. The Morgan fingerprint density at radius 3 is 2.26 bits per heavy atom. The van der Waals surface area contributed by atoms with Gasteiger partial charge >= 0.3 is 0 Å². The van der Waals surface area contributed by atoms with Crippen LogP contribution in [0.4, 0.5) is 0 Å². The van der Waals surface area contributed by atoms with E-state index in [0.29, 0.717) is 6.04 Å². The summed E-state index contributed by atoms with van der Waals surface area (Å²) in [7, 11) is 1.72. The number of hydrogen-bond donors (Lipinski definition) is 1. The summed E-state index contributed by atoms with van der Waals surface area (Å²) < 4.78 is 5.23. The summed E-state index contributed by atoms with van der Waals surface area (Å²) in [5.41, 5.74) is 1.40. The molecule has 1 aromatic carbocycles. The zero-order chi connectivity index (χ0) is 13.8. The lowest BCUT2D eigenvalue weighted by Gasteiger charge is -2.23. The topological polar surface area (TPSA) is 21.3 Å². The second-order valence-electron chi connectivity index (χ2n) is 6.22. The minimum Gasteiger partial charge on any atom is -0.497 e. The van der Waals surface area contributed by atoms with Crippen molar-refractivity contribution in [3.63, 3.8) is 0 Å². The fraction of sp³-hybridized carbons (Fsp3) is 0.647. The van der Waals surface area contributed by atoms with Crippen LogP contribution < -0.4 is 10.1 Å². The highest BCUT2D eigenvalue weighted by molar-refractivity contribution is 5.30. The van der Waals surface area contributed by atoms with Crippen molar-refractivity contribution in [2.45, 2.75) is 39.7 Å². The van der Waals surface area contributed by atoms with Gasteiger partial charge in [-0.05, 0) is 54.8 Å². The first-order valence-electron chi connectivity index (χ1n) is 7.49. The lowest BCUT2D eigenvalue weighted by atomic mass is 9.96. The Kier molecular flexibility index (Phi) is 4.87. The molecule has 19 heavy (non-hydrogen) atoms. The average molecular weight is 261 g/mol. The third kappa shape index (κ3) is 3.97. The molecule has 1 aliphatic carbocycles. The molecule has 1 saturated carbocycles. The van der Waals surface area contributed by atoms with Gasteiger partial charge in [-0.1, -0.05) is 32.9 Å². The minimum atomic E-state index is 0.520. The van der Waals surface area contributed by atoms with E-state index in [4.69, 9.17) is 4.74 Å². The summed E-state index contributed by atoms with van der Waals surface area (Å²) in [6.07, 6.45) is 2.72. The summed E-state index contributed by atoms with van der Waals surface area (Å²) >= 11 is 0. The predicted octanol–water partition coefficient (Wildman–Crippen LogP) is 4.03. The second kappa shape index (κ2) is 6.42. The fourth-order valence-corrected chi connectivity index (χ4v) is 2.35. The molecule has 2 unspecified atom stereocenters. The molecule has 0 heterocycles. The molecule has 0 saturated heterocycles. The third-order valence-corrected chi connectivity index (χ3v) is 4.37. The molecule has 2 atom stereocenters. The summed E-state index contributed by atoms with van der Waals surface area (Å²) in [6, 6.07) is 9.06. The maximum absolute atomic E-state index is 5.23. The molecule has 0 aliphatic heterocycles. The van der Waals surface area contributed by atoms with E-state index in [9.17, 15) is 0 Å². The Morgan fingerprint density at radius 1 is 1.16 bits per heavy atom. The number of hydrogen-bond acceptors (Lipinski definition) is 2. The van der Waals surface area contributed by atoms with Gasteiger partial charge < -0.3 is 10.1 Å². The van der Waals surface area contributed by atoms with Crippen molar-refractivity contribution >= 4 is 0 Å². The molecule has 0 aromatic heterocycles. The summed E-state index contributed by atoms with van der Waals surface area (Å²) in [5, 5.41) is 3.78. The molecule has 1 aliphatic rings. The molecule has 1 fully saturated rings. The number of methoxy groups -OCH3 is 1. The number of ether oxygens (including phenoxy) is 1. The standard InChI is InChI=1S/C17H27NO/c1-12(2)13(3)11-18-17(14-5-6-14)15-7-9-16(19-4)10-8-15/h7-10,12-14,17-18H,5-6,11H2,1-4H3. The molecular formula is C17H27NO. The molecule has 2 rings (SSSR count). The van der Waals surface area contributed by atoms with Crippen LogP contribution in [0.5, 0.6) is 5.75 Å². The molecule has 1 N–H and O–H groups in total. The van der Waals surface area contributed by atoms with Crippen molar-refractivity contribution < 1.29 is 4.74 Å². The largest absolute Gasteiger partial charge is 0.497 e. The van der Waals surface area contributed by atoms with Gasteiger partial charge in [-0.3, -0.25) is 0 Å². The quantitative estimate of drug-likeness (QED) is 0.800. The van der Waals surface area contributed by atoms with Crippen molar-refractivity contribution in [3.8, 4) is 5.75 Å². The van der Waals surface area contributed by atoms with Crippen molar-refractivity contribution in [1.82, 2.24) is 5.32 Å². The number of rotatable bonds is 7. The normalized spacial score (nSPS) is 18.4. The molecule has 2 nitrogen and oxygen atoms in total. The van der Waals surface area contributed by atoms with E-state index in [-0.39, 0.29) is 0 Å². The minimum absolute atomic E-state index is 0.520. The SMILES string of the molecule is COc1ccc(C(NCC(C)C(C)C)C2CC2)cc1. The first kappa shape index (κ1) is 14.4. The molecular weight excluding hydrogens is 234 g/mol. The Balaban J connectivity index is 1.99. The van der Waals surface area contributed by atoms with Crippen molar-refractivity contribution in [2.24, 2.45) is 17.8 Å². The molecule has 2 heteroatoms. The van der Waals surface area contributed by atoms with E-state index in [1.165, 1.54) is 18.4 Å². The van der Waals surface area contributed by atoms with Crippen LogP contribution in [0.3, 0.4) is 0 Å². The van der Waals surface area contributed by atoms with Gasteiger partial charge in [0.25, 0.3) is 0 Å². The number of benzene rings is 1. The van der Waals surface area contributed by atoms with Crippen LogP contribution in [0.15, 0.2) is 24.3 Å². The zero-order valence-electron chi connectivity index (χ0n) is 12.6. The summed E-state index contributed by atoms with van der Waals surface area (Å²) in [4.78, 5) is 0. The van der Waals surface area contributed by atoms with Crippen LogP contribution in [-0.2, 0) is 0 Å². The van der Waals surface area contributed by atoms with E-state index in [1.807, 2.05) is 0 Å². The highest BCUT2D eigenvalue weighted by atomic mass is 16.5. The van der Waals surface area contributed by atoms with Gasteiger partial charge in [-0.15, -0.1) is 0 Å². The van der Waals surface area contributed by atoms with E-state index in [2.05, 4.69) is 50.4 Å². The van der Waals surface area contributed by atoms with Gasteiger partial charge in [0.05, 0.1) is 7.11 Å². The third-order valence-electron chi connectivity index (χ3n) is 4.37. The van der Waals surface area contributed by atoms with Gasteiger partial charge in [-0.2, -0.15) is 0 Å². The summed E-state index contributed by atoms with van der Waals surface area (Å²) in [6.45, 7) is 8.03. The lowest BCUT2D eigenvalue weighted by Crippen LogP contribution is -2.29. The maximum atomic E-state index is 5.23. The monoisotopic (exact) mass is 261 g/mol. The Hall–Kier alpha value is -1.02. The fourth-order valence-electron chi connectivity index (χ4n) is 2.35. The first-order valence-corrected chi connectivity index (χ1v) is 7.49. The highest BCUT2D eigenvalue weighted by Crippen LogP contribution is 2.41. The van der Waals surface area contributed by atoms with Gasteiger partial charge in [0.15, 0.2) is 0 Å². The van der Waals surface area contributed by atoms with Crippen LogP contribution >= 0.6 is 0 Å². The van der Waals surface area contributed by atoms with Gasteiger partial charge in [0.2, 0.25) is 0 Å². The van der Waals surface area contributed by atoms with Crippen molar-refractivity contribution in [3.05, 3.63) is 29.8 Å². The predicted molar refractivity (Wildman–Crippen MR) is 80.5 cm³/mol. The Morgan fingerprint density at radius 2 is 1.79 bits per heavy atom. The zero-order valence-corrected chi connectivity index (χ0v) is 12.6. The van der Waals surface area contributed by atoms with E-state index in [0.717, 1.165) is 30.0 Å². The number of nitrogens with one attached hydrogen (secondary N) is 1. The summed E-state index contributed by atoms with van der Waals surface area (Å²) in [5.74, 6) is 3.23. The molecule has 0 bridgehead atoms. The van der Waals surface area contributed by atoms with Crippen molar-refractivity contribution in [2.75, 3.05) is 13.7 Å². The molecule has 0 spiro atoms. The van der Waals surface area contributed by atoms with Crippen LogP contribution in [0, 0.1) is 17.8 Å². The van der Waals surface area contributed by atoms with Crippen LogP contribution in [0.2, 0.25) is 0 Å². The van der Waals surface area contributed by atoms with E-state index in [1.54, 1.807) is 7.11 Å². The van der Waals surface area contributed by atoms with Gasteiger partial charge in [0, 0.05) is 6.04 Å². The van der Waals surface area contributed by atoms with Gasteiger partial charge in [-0.25, -0.2) is 0 Å². The van der Waals surface area contributed by atoms with Crippen LogP contribution in [-0.4, -0.2) is 13.7 Å². The smallest absolute Gasteiger partial charge is 0.118 e. The Bertz CT molecular complexity index is 381. The lowest BCUT2D eigenvalue weighted by molar-refractivity contribution is 0.356. The first-order chi connectivity index (χ1) is 9.11. The molecule has 106 valence electrons. The molecule has 0 amide bonds. The maximum Gasteiger partial charge on any atom is 0.118 e. The van der Waals surface area contributed by atoms with Crippen LogP contribution in [0.25, 0.3) is 0 Å².